The molecular weight excluding hydrogens is 333 g/mol. The van der Waals surface area contributed by atoms with Crippen LogP contribution in [0.15, 0.2) is 46.9 Å². The Morgan fingerprint density at radius 2 is 2.05 bits per heavy atom. The van der Waals surface area contributed by atoms with E-state index in [4.69, 9.17) is 11.6 Å². The number of aliphatic hydroxyl groups excluding tert-OH is 1. The molecule has 2 aromatic rings. The molecule has 0 aromatic heterocycles. The molecule has 0 aliphatic heterocycles. The third kappa shape index (κ3) is 3.69. The summed E-state index contributed by atoms with van der Waals surface area (Å²) < 4.78 is 13.6. The minimum atomic E-state index is -0.330. The molecule has 2 nitrogen and oxygen atoms in total. The van der Waals surface area contributed by atoms with Gasteiger partial charge in [0.1, 0.15) is 5.82 Å². The number of anilines is 1. The maximum Gasteiger partial charge on any atom is 0.137 e. The minimum absolute atomic E-state index is 0.107. The predicted molar refractivity (Wildman–Crippen MR) is 79.0 cm³/mol. The summed E-state index contributed by atoms with van der Waals surface area (Å²) in [5.41, 5.74) is 1.59. The van der Waals surface area contributed by atoms with Gasteiger partial charge in [-0.15, -0.1) is 0 Å². The van der Waals surface area contributed by atoms with Crippen molar-refractivity contribution in [1.82, 2.24) is 0 Å². The second-order valence-corrected chi connectivity index (χ2v) is 5.35. The van der Waals surface area contributed by atoms with Crippen molar-refractivity contribution >= 4 is 33.2 Å². The van der Waals surface area contributed by atoms with E-state index in [9.17, 15) is 9.50 Å². The number of hydrogen-bond acceptors (Lipinski definition) is 2. The highest BCUT2D eigenvalue weighted by Gasteiger charge is 2.12. The first kappa shape index (κ1) is 14.3. The average molecular weight is 345 g/mol. The van der Waals surface area contributed by atoms with Gasteiger partial charge in [0.2, 0.25) is 0 Å². The summed E-state index contributed by atoms with van der Waals surface area (Å²) in [6.07, 6.45) is 0. The zero-order chi connectivity index (χ0) is 13.8. The van der Waals surface area contributed by atoms with Crippen LogP contribution in [0.25, 0.3) is 0 Å². The SMILES string of the molecule is OCC(Nc1cccc(Cl)c1)c1ccc(F)c(Br)c1. The zero-order valence-electron chi connectivity index (χ0n) is 9.91. The molecular formula is C14H12BrClFNO. The lowest BCUT2D eigenvalue weighted by molar-refractivity contribution is 0.276. The summed E-state index contributed by atoms with van der Waals surface area (Å²) in [4.78, 5) is 0. The molecule has 0 saturated carbocycles. The Morgan fingerprint density at radius 1 is 1.26 bits per heavy atom. The van der Waals surface area contributed by atoms with Crippen molar-refractivity contribution < 1.29 is 9.50 Å². The highest BCUT2D eigenvalue weighted by molar-refractivity contribution is 9.10. The molecule has 1 atom stereocenters. The average Bonchev–Trinajstić information content (AvgIpc) is 2.39. The Labute approximate surface area is 124 Å². The number of rotatable bonds is 4. The Kier molecular flexibility index (Phi) is 4.80. The number of halogens is 3. The molecule has 0 heterocycles. The maximum atomic E-state index is 13.2. The fraction of sp³-hybridized carbons (Fsp3) is 0.143. The van der Waals surface area contributed by atoms with Gasteiger partial charge in [0.15, 0.2) is 0 Å². The molecule has 0 saturated heterocycles. The highest BCUT2D eigenvalue weighted by atomic mass is 79.9. The number of nitrogens with one attached hydrogen (secondary N) is 1. The summed E-state index contributed by atoms with van der Waals surface area (Å²) in [5, 5.41) is 13.2. The lowest BCUT2D eigenvalue weighted by atomic mass is 10.1. The fourth-order valence-electron chi connectivity index (χ4n) is 1.74. The first-order valence-corrected chi connectivity index (χ1v) is 6.85. The van der Waals surface area contributed by atoms with E-state index in [1.165, 1.54) is 6.07 Å². The third-order valence-corrected chi connectivity index (χ3v) is 3.54. The molecule has 2 N–H and O–H groups in total. The van der Waals surface area contributed by atoms with Crippen molar-refractivity contribution in [2.24, 2.45) is 0 Å². The summed E-state index contributed by atoms with van der Waals surface area (Å²) >= 11 is 9.04. The van der Waals surface area contributed by atoms with Crippen molar-refractivity contribution in [3.63, 3.8) is 0 Å². The molecule has 0 fully saturated rings. The van der Waals surface area contributed by atoms with E-state index in [-0.39, 0.29) is 18.5 Å². The monoisotopic (exact) mass is 343 g/mol. The summed E-state index contributed by atoms with van der Waals surface area (Å²) in [6.45, 7) is -0.107. The topological polar surface area (TPSA) is 32.3 Å². The van der Waals surface area contributed by atoms with E-state index >= 15 is 0 Å². The molecule has 0 radical (unpaired) electrons. The van der Waals surface area contributed by atoms with Gasteiger partial charge in [0.25, 0.3) is 0 Å². The quantitative estimate of drug-likeness (QED) is 0.862. The van der Waals surface area contributed by atoms with E-state index < -0.39 is 0 Å². The van der Waals surface area contributed by atoms with Gasteiger partial charge in [0.05, 0.1) is 17.1 Å². The van der Waals surface area contributed by atoms with E-state index in [1.807, 2.05) is 12.1 Å². The van der Waals surface area contributed by atoms with Gasteiger partial charge in [-0.2, -0.15) is 0 Å². The molecule has 0 bridgehead atoms. The van der Waals surface area contributed by atoms with Gasteiger partial charge in [-0.1, -0.05) is 23.7 Å². The number of aliphatic hydroxyl groups is 1. The van der Waals surface area contributed by atoms with Crippen LogP contribution in [0.2, 0.25) is 5.02 Å². The summed E-state index contributed by atoms with van der Waals surface area (Å²) in [7, 11) is 0. The summed E-state index contributed by atoms with van der Waals surface area (Å²) in [6, 6.07) is 11.5. The fourth-order valence-corrected chi connectivity index (χ4v) is 2.33. The van der Waals surface area contributed by atoms with E-state index in [2.05, 4.69) is 21.2 Å². The van der Waals surface area contributed by atoms with Gasteiger partial charge in [0, 0.05) is 10.7 Å². The molecule has 0 amide bonds. The van der Waals surface area contributed by atoms with Crippen LogP contribution in [0.3, 0.4) is 0 Å². The van der Waals surface area contributed by atoms with Crippen molar-refractivity contribution in [3.8, 4) is 0 Å². The zero-order valence-corrected chi connectivity index (χ0v) is 12.2. The van der Waals surface area contributed by atoms with Crippen LogP contribution in [-0.2, 0) is 0 Å². The normalized spacial score (nSPS) is 12.2. The maximum absolute atomic E-state index is 13.2. The molecule has 1 unspecified atom stereocenters. The molecule has 0 aliphatic carbocycles. The molecule has 19 heavy (non-hydrogen) atoms. The van der Waals surface area contributed by atoms with Gasteiger partial charge in [-0.25, -0.2) is 4.39 Å². The smallest absolute Gasteiger partial charge is 0.137 e. The van der Waals surface area contributed by atoms with Crippen LogP contribution in [0, 0.1) is 5.82 Å². The van der Waals surface area contributed by atoms with E-state index in [0.29, 0.717) is 9.50 Å². The van der Waals surface area contributed by atoms with Gasteiger partial charge in [-0.05, 0) is 51.8 Å². The minimum Gasteiger partial charge on any atom is -0.394 e. The Morgan fingerprint density at radius 3 is 2.68 bits per heavy atom. The van der Waals surface area contributed by atoms with Crippen LogP contribution in [-0.4, -0.2) is 11.7 Å². The molecule has 0 aliphatic rings. The lowest BCUT2D eigenvalue weighted by Gasteiger charge is -2.18. The van der Waals surface area contributed by atoms with Crippen molar-refractivity contribution in [1.29, 1.82) is 0 Å². The van der Waals surface area contributed by atoms with Crippen molar-refractivity contribution in [2.45, 2.75) is 6.04 Å². The molecule has 0 spiro atoms. The molecule has 5 heteroatoms. The third-order valence-electron chi connectivity index (χ3n) is 2.69. The molecule has 100 valence electrons. The number of benzene rings is 2. The van der Waals surface area contributed by atoms with Gasteiger partial charge >= 0.3 is 0 Å². The largest absolute Gasteiger partial charge is 0.394 e. The van der Waals surface area contributed by atoms with Crippen LogP contribution < -0.4 is 5.32 Å². The molecule has 2 rings (SSSR count). The Hall–Kier alpha value is -1.10. The van der Waals surface area contributed by atoms with Crippen LogP contribution in [0.1, 0.15) is 11.6 Å². The van der Waals surface area contributed by atoms with Crippen LogP contribution in [0.5, 0.6) is 0 Å². The van der Waals surface area contributed by atoms with E-state index in [1.54, 1.807) is 24.3 Å². The van der Waals surface area contributed by atoms with E-state index in [0.717, 1.165) is 11.3 Å². The van der Waals surface area contributed by atoms with Crippen molar-refractivity contribution in [2.75, 3.05) is 11.9 Å². The number of hydrogen-bond donors (Lipinski definition) is 2. The van der Waals surface area contributed by atoms with Crippen LogP contribution >= 0.6 is 27.5 Å². The summed E-state index contributed by atoms with van der Waals surface area (Å²) in [5.74, 6) is -0.330. The predicted octanol–water partition coefficient (Wildman–Crippen LogP) is 4.39. The second-order valence-electron chi connectivity index (χ2n) is 4.06. The van der Waals surface area contributed by atoms with Gasteiger partial charge < -0.3 is 10.4 Å². The highest BCUT2D eigenvalue weighted by Crippen LogP contribution is 2.25. The lowest BCUT2D eigenvalue weighted by Crippen LogP contribution is -2.14. The first-order valence-electron chi connectivity index (χ1n) is 5.68. The Balaban J connectivity index is 2.22. The standard InChI is InChI=1S/C14H12BrClFNO/c15-12-6-9(4-5-13(12)17)14(8-19)18-11-3-1-2-10(16)7-11/h1-7,14,18-19H,8H2. The van der Waals surface area contributed by atoms with Crippen molar-refractivity contribution in [3.05, 3.63) is 63.3 Å². The second kappa shape index (κ2) is 6.37. The Bertz CT molecular complexity index is 579. The first-order chi connectivity index (χ1) is 9.10. The van der Waals surface area contributed by atoms with Crippen LogP contribution in [0.4, 0.5) is 10.1 Å². The van der Waals surface area contributed by atoms with Gasteiger partial charge in [-0.3, -0.25) is 0 Å². The molecule has 2 aromatic carbocycles.